The van der Waals surface area contributed by atoms with E-state index in [4.69, 9.17) is 9.68 Å². The molecule has 0 unspecified atom stereocenters. The van der Waals surface area contributed by atoms with Crippen molar-refractivity contribution in [2.75, 3.05) is 13.1 Å². The molecule has 1 aromatic carbocycles. The summed E-state index contributed by atoms with van der Waals surface area (Å²) in [6.07, 6.45) is 2.54. The Morgan fingerprint density at radius 2 is 1.83 bits per heavy atom. The zero-order chi connectivity index (χ0) is 16.4. The highest BCUT2D eigenvalue weighted by Gasteiger charge is 2.33. The number of benzene rings is 1. The summed E-state index contributed by atoms with van der Waals surface area (Å²) >= 11 is 0. The van der Waals surface area contributed by atoms with Crippen molar-refractivity contribution in [3.05, 3.63) is 35.8 Å². The van der Waals surface area contributed by atoms with Crippen molar-refractivity contribution in [2.24, 2.45) is 0 Å². The molecule has 6 nitrogen and oxygen atoms in total. The monoisotopic (exact) mass is 335 g/mol. The maximum atomic E-state index is 13.0. The summed E-state index contributed by atoms with van der Waals surface area (Å²) < 4.78 is 44.9. The molecule has 0 bridgehead atoms. The molecular formula is C15H14FN3O3S. The summed E-state index contributed by atoms with van der Waals surface area (Å²) in [5, 5.41) is 8.73. The van der Waals surface area contributed by atoms with E-state index in [-0.39, 0.29) is 11.6 Å². The minimum atomic E-state index is -3.89. The molecule has 2 heterocycles. The highest BCUT2D eigenvalue weighted by atomic mass is 32.2. The Bertz CT molecular complexity index is 847. The zero-order valence-corrected chi connectivity index (χ0v) is 13.0. The molecule has 23 heavy (non-hydrogen) atoms. The van der Waals surface area contributed by atoms with E-state index in [1.807, 2.05) is 0 Å². The van der Waals surface area contributed by atoms with Crippen molar-refractivity contribution in [2.45, 2.75) is 24.4 Å². The second-order valence-electron chi connectivity index (χ2n) is 5.24. The van der Waals surface area contributed by atoms with E-state index in [9.17, 15) is 12.8 Å². The normalized spacial score (nSPS) is 16.2. The van der Waals surface area contributed by atoms with E-state index in [1.165, 1.54) is 28.6 Å². The molecule has 1 fully saturated rings. The first-order valence-corrected chi connectivity index (χ1v) is 8.63. The third kappa shape index (κ3) is 2.98. The van der Waals surface area contributed by atoms with Crippen LogP contribution in [0.15, 0.2) is 33.8 Å². The topological polar surface area (TPSA) is 87.2 Å². The summed E-state index contributed by atoms with van der Waals surface area (Å²) in [6, 6.07) is 7.02. The van der Waals surface area contributed by atoms with Crippen molar-refractivity contribution < 1.29 is 17.2 Å². The first kappa shape index (κ1) is 15.6. The lowest BCUT2D eigenvalue weighted by atomic mass is 10.2. The van der Waals surface area contributed by atoms with Gasteiger partial charge in [-0.2, -0.15) is 14.6 Å². The van der Waals surface area contributed by atoms with Crippen LogP contribution in [0.2, 0.25) is 0 Å². The summed E-state index contributed by atoms with van der Waals surface area (Å²) in [7, 11) is -3.89. The van der Waals surface area contributed by atoms with Gasteiger partial charge < -0.3 is 4.42 Å². The number of piperidine rings is 1. The van der Waals surface area contributed by atoms with Gasteiger partial charge in [-0.15, -0.1) is 0 Å². The Kier molecular flexibility index (Phi) is 4.15. The SMILES string of the molecule is N#Cc1nc(-c2ccc(F)cc2)oc1S(=O)(=O)N1CCCCC1. The maximum absolute atomic E-state index is 13.0. The standard InChI is InChI=1S/C15H14FN3O3S/c16-12-6-4-11(5-7-12)14-18-13(10-17)15(22-14)23(20,21)19-8-2-1-3-9-19/h4-7H,1-3,8-9H2. The first-order valence-electron chi connectivity index (χ1n) is 7.19. The van der Waals surface area contributed by atoms with Gasteiger partial charge in [0.15, 0.2) is 5.69 Å². The van der Waals surface area contributed by atoms with Crippen LogP contribution >= 0.6 is 0 Å². The number of sulfonamides is 1. The second-order valence-corrected chi connectivity index (χ2v) is 7.08. The largest absolute Gasteiger partial charge is 0.422 e. The molecule has 0 atom stereocenters. The Labute approximate surface area is 133 Å². The van der Waals surface area contributed by atoms with E-state index in [2.05, 4.69) is 4.98 Å². The van der Waals surface area contributed by atoms with Crippen molar-refractivity contribution in [3.63, 3.8) is 0 Å². The maximum Gasteiger partial charge on any atom is 0.279 e. The van der Waals surface area contributed by atoms with Crippen molar-refractivity contribution in [1.82, 2.24) is 9.29 Å². The highest BCUT2D eigenvalue weighted by molar-refractivity contribution is 7.89. The number of nitriles is 1. The summed E-state index contributed by atoms with van der Waals surface area (Å²) in [5.41, 5.74) is 0.123. The third-order valence-electron chi connectivity index (χ3n) is 3.68. The van der Waals surface area contributed by atoms with E-state index in [1.54, 1.807) is 6.07 Å². The van der Waals surface area contributed by atoms with Crippen LogP contribution in [0.25, 0.3) is 11.5 Å². The third-order valence-corrected chi connectivity index (χ3v) is 5.47. The fourth-order valence-electron chi connectivity index (χ4n) is 2.49. The number of nitrogens with zero attached hydrogens (tertiary/aromatic N) is 3. The predicted molar refractivity (Wildman–Crippen MR) is 79.2 cm³/mol. The lowest BCUT2D eigenvalue weighted by Gasteiger charge is -2.24. The van der Waals surface area contributed by atoms with Crippen LogP contribution in [-0.2, 0) is 10.0 Å². The minimum Gasteiger partial charge on any atom is -0.422 e. The number of hydrogen-bond donors (Lipinski definition) is 0. The van der Waals surface area contributed by atoms with E-state index in [0.717, 1.165) is 19.3 Å². The van der Waals surface area contributed by atoms with E-state index in [0.29, 0.717) is 18.7 Å². The molecule has 0 aliphatic carbocycles. The van der Waals surface area contributed by atoms with Crippen molar-refractivity contribution in [3.8, 4) is 17.5 Å². The highest BCUT2D eigenvalue weighted by Crippen LogP contribution is 2.28. The van der Waals surface area contributed by atoms with E-state index >= 15 is 0 Å². The van der Waals surface area contributed by atoms with E-state index < -0.39 is 20.9 Å². The summed E-state index contributed by atoms with van der Waals surface area (Å²) in [6.45, 7) is 0.805. The van der Waals surface area contributed by atoms with Crippen molar-refractivity contribution in [1.29, 1.82) is 5.26 Å². The fourth-order valence-corrected chi connectivity index (χ4v) is 3.98. The number of oxazole rings is 1. The molecule has 0 saturated carbocycles. The average Bonchev–Trinajstić information content (AvgIpc) is 3.01. The molecular weight excluding hydrogens is 321 g/mol. The van der Waals surface area contributed by atoms with Gasteiger partial charge in [-0.3, -0.25) is 0 Å². The van der Waals surface area contributed by atoms with Crippen LogP contribution in [0.5, 0.6) is 0 Å². The minimum absolute atomic E-state index is 0.0165. The van der Waals surface area contributed by atoms with Crippen LogP contribution in [0.4, 0.5) is 4.39 Å². The van der Waals surface area contributed by atoms with Gasteiger partial charge in [0.2, 0.25) is 5.89 Å². The molecule has 8 heteroatoms. The molecule has 1 aromatic heterocycles. The molecule has 0 spiro atoms. The van der Waals surface area contributed by atoms with Crippen LogP contribution in [0.1, 0.15) is 25.0 Å². The zero-order valence-electron chi connectivity index (χ0n) is 12.2. The Hall–Kier alpha value is -2.24. The molecule has 1 aliphatic rings. The molecule has 2 aromatic rings. The number of aromatic nitrogens is 1. The van der Waals surface area contributed by atoms with Gasteiger partial charge in [0.05, 0.1) is 0 Å². The van der Waals surface area contributed by atoms with Gasteiger partial charge in [0.25, 0.3) is 15.1 Å². The van der Waals surface area contributed by atoms with Crippen LogP contribution in [0.3, 0.4) is 0 Å². The number of halogens is 1. The predicted octanol–water partition coefficient (Wildman–Crippen LogP) is 2.53. The summed E-state index contributed by atoms with van der Waals surface area (Å²) in [5.74, 6) is -0.445. The second kappa shape index (κ2) is 6.10. The Morgan fingerprint density at radius 1 is 1.17 bits per heavy atom. The van der Waals surface area contributed by atoms with Crippen LogP contribution in [0, 0.1) is 17.1 Å². The lowest BCUT2D eigenvalue weighted by molar-refractivity contribution is 0.333. The molecule has 1 saturated heterocycles. The van der Waals surface area contributed by atoms with Crippen LogP contribution in [-0.4, -0.2) is 30.8 Å². The molecule has 1 aliphatic heterocycles. The smallest absolute Gasteiger partial charge is 0.279 e. The van der Waals surface area contributed by atoms with Crippen molar-refractivity contribution >= 4 is 10.0 Å². The van der Waals surface area contributed by atoms with Gasteiger partial charge in [-0.25, -0.2) is 12.8 Å². The first-order chi connectivity index (χ1) is 11.0. The van der Waals surface area contributed by atoms with Gasteiger partial charge in [-0.1, -0.05) is 6.42 Å². The quantitative estimate of drug-likeness (QED) is 0.860. The molecule has 3 rings (SSSR count). The number of rotatable bonds is 3. The lowest BCUT2D eigenvalue weighted by Crippen LogP contribution is -2.35. The Balaban J connectivity index is 2.02. The van der Waals surface area contributed by atoms with Gasteiger partial charge >= 0.3 is 0 Å². The van der Waals surface area contributed by atoms with Gasteiger partial charge in [0.1, 0.15) is 11.9 Å². The van der Waals surface area contributed by atoms with Crippen LogP contribution < -0.4 is 0 Å². The van der Waals surface area contributed by atoms with Gasteiger partial charge in [-0.05, 0) is 37.1 Å². The fraction of sp³-hybridized carbons (Fsp3) is 0.333. The van der Waals surface area contributed by atoms with Gasteiger partial charge in [0, 0.05) is 18.7 Å². The average molecular weight is 335 g/mol. The molecule has 120 valence electrons. The molecule has 0 amide bonds. The summed E-state index contributed by atoms with van der Waals surface area (Å²) in [4.78, 5) is 3.93. The number of hydrogen-bond acceptors (Lipinski definition) is 5. The molecule has 0 radical (unpaired) electrons. The molecule has 0 N–H and O–H groups in total. The Morgan fingerprint density at radius 3 is 2.43 bits per heavy atom.